The van der Waals surface area contributed by atoms with E-state index in [9.17, 15) is 13.9 Å². The first-order valence-corrected chi connectivity index (χ1v) is 5.49. The third-order valence-corrected chi connectivity index (χ3v) is 2.78. The Labute approximate surface area is 77.5 Å². The number of benzene rings is 1. The number of nitro groups is 1. The van der Waals surface area contributed by atoms with E-state index in [0.717, 1.165) is 12.1 Å². The van der Waals surface area contributed by atoms with Gasteiger partial charge in [-0.15, -0.1) is 0 Å². The van der Waals surface area contributed by atoms with Gasteiger partial charge in [-0.1, -0.05) is 0 Å². The van der Waals surface area contributed by atoms with Crippen LogP contribution in [0, 0.1) is 10.1 Å². The zero-order chi connectivity index (χ0) is 10.0. The van der Waals surface area contributed by atoms with Gasteiger partial charge in [0.25, 0.3) is 0 Å². The molecule has 3 N–H and O–H groups in total. The van der Waals surface area contributed by atoms with Crippen molar-refractivity contribution < 1.29 is 12.9 Å². The number of nitro benzene ring substituents is 1. The Morgan fingerprint density at radius 1 is 1.54 bits per heavy atom. The van der Waals surface area contributed by atoms with E-state index in [0.29, 0.717) is 0 Å². The molecule has 0 saturated carbocycles. The van der Waals surface area contributed by atoms with Crippen molar-refractivity contribution in [3.05, 3.63) is 28.3 Å². The van der Waals surface area contributed by atoms with Crippen LogP contribution in [0.5, 0.6) is 0 Å². The van der Waals surface area contributed by atoms with Crippen LogP contribution in [0.25, 0.3) is 0 Å². The zero-order valence-corrected chi connectivity index (χ0v) is 8.05. The van der Waals surface area contributed by atoms with Crippen molar-refractivity contribution in [2.45, 2.75) is 0 Å². The van der Waals surface area contributed by atoms with Gasteiger partial charge < -0.3 is 0 Å². The van der Waals surface area contributed by atoms with Crippen LogP contribution in [0.15, 0.2) is 18.2 Å². The van der Waals surface area contributed by atoms with Gasteiger partial charge in [0.05, 0.1) is 0 Å². The summed E-state index contributed by atoms with van der Waals surface area (Å²) in [4.78, 5) is 9.66. The molecule has 0 amide bonds. The molecule has 1 aromatic carbocycles. The molecule has 0 spiro atoms. The molecule has 1 aromatic rings. The van der Waals surface area contributed by atoms with E-state index < -0.39 is 19.1 Å². The number of nitrogen functional groups attached to an aromatic ring is 1. The number of hydrogen-bond acceptors (Lipinski definition) is 4. The van der Waals surface area contributed by atoms with Gasteiger partial charge in [-0.25, -0.2) is 0 Å². The summed E-state index contributed by atoms with van der Waals surface area (Å²) in [7, 11) is 0. The standard InChI is InChI=1S/C6H6N2O4Se/c7-5-3-4(13(11)12)1-2-6(5)8(9)10/h1-3H,7H2,(H,11,12). The van der Waals surface area contributed by atoms with Gasteiger partial charge in [-0.2, -0.15) is 0 Å². The van der Waals surface area contributed by atoms with Gasteiger partial charge in [0.15, 0.2) is 0 Å². The van der Waals surface area contributed by atoms with Crippen molar-refractivity contribution in [3.8, 4) is 0 Å². The minimum atomic E-state index is -3.04. The van der Waals surface area contributed by atoms with Crippen LogP contribution in [0.3, 0.4) is 0 Å². The molecule has 0 aromatic heterocycles. The predicted octanol–water partition coefficient (Wildman–Crippen LogP) is -0.705. The Morgan fingerprint density at radius 2 is 2.15 bits per heavy atom. The van der Waals surface area contributed by atoms with E-state index in [4.69, 9.17) is 9.92 Å². The van der Waals surface area contributed by atoms with Crippen molar-refractivity contribution in [3.63, 3.8) is 0 Å². The molecule has 7 heteroatoms. The molecule has 0 fully saturated rings. The van der Waals surface area contributed by atoms with Crippen molar-refractivity contribution in [1.29, 1.82) is 0 Å². The van der Waals surface area contributed by atoms with Crippen molar-refractivity contribution >= 4 is 30.0 Å². The average molecular weight is 249 g/mol. The van der Waals surface area contributed by atoms with E-state index in [1.54, 1.807) is 0 Å². The number of rotatable bonds is 2. The quantitative estimate of drug-likeness (QED) is 0.312. The van der Waals surface area contributed by atoms with Gasteiger partial charge in [-0.3, -0.25) is 0 Å². The summed E-state index contributed by atoms with van der Waals surface area (Å²) in [5.74, 6) is 0. The molecule has 1 rings (SSSR count). The monoisotopic (exact) mass is 250 g/mol. The predicted molar refractivity (Wildman–Crippen MR) is 45.8 cm³/mol. The summed E-state index contributed by atoms with van der Waals surface area (Å²) >= 11 is -3.04. The second-order valence-corrected chi connectivity index (χ2v) is 4.26. The van der Waals surface area contributed by atoms with Crippen molar-refractivity contribution in [2.75, 3.05) is 5.73 Å². The first-order valence-electron chi connectivity index (χ1n) is 3.17. The first-order chi connectivity index (χ1) is 6.02. The summed E-state index contributed by atoms with van der Waals surface area (Å²) < 4.78 is 19.5. The van der Waals surface area contributed by atoms with Crippen LogP contribution in [-0.4, -0.2) is 23.3 Å². The second kappa shape index (κ2) is 3.61. The number of anilines is 1. The Morgan fingerprint density at radius 3 is 2.54 bits per heavy atom. The van der Waals surface area contributed by atoms with Crippen LogP contribution >= 0.6 is 0 Å². The fourth-order valence-electron chi connectivity index (χ4n) is 0.807. The summed E-state index contributed by atoms with van der Waals surface area (Å²) in [5.41, 5.74) is 4.94. The van der Waals surface area contributed by atoms with Crippen LogP contribution in [0.4, 0.5) is 11.4 Å². The minimum absolute atomic E-state index is 0.0962. The Balaban J connectivity index is 3.20. The number of nitrogens with zero attached hydrogens (tertiary/aromatic N) is 1. The Hall–Kier alpha value is -1.30. The van der Waals surface area contributed by atoms with Gasteiger partial charge in [0.2, 0.25) is 0 Å². The number of nitrogens with two attached hydrogens (primary N) is 1. The van der Waals surface area contributed by atoms with Gasteiger partial charge in [0.1, 0.15) is 0 Å². The summed E-state index contributed by atoms with van der Waals surface area (Å²) in [6, 6.07) is 3.50. The average Bonchev–Trinajstić information content (AvgIpc) is 2.03. The molecule has 0 bridgehead atoms. The van der Waals surface area contributed by atoms with E-state index in [-0.39, 0.29) is 15.8 Å². The molecular formula is C6H6N2O4Se. The fourth-order valence-corrected chi connectivity index (χ4v) is 1.67. The van der Waals surface area contributed by atoms with Crippen molar-refractivity contribution in [1.82, 2.24) is 0 Å². The van der Waals surface area contributed by atoms with Crippen LogP contribution in [0.2, 0.25) is 0 Å². The third-order valence-electron chi connectivity index (χ3n) is 1.40. The van der Waals surface area contributed by atoms with E-state index in [1.807, 2.05) is 0 Å². The molecular weight excluding hydrogens is 243 g/mol. The molecule has 0 saturated heterocycles. The topological polar surface area (TPSA) is 106 Å². The first kappa shape index (κ1) is 9.78. The third kappa shape index (κ3) is 2.09. The maximum atomic E-state index is 10.6. The summed E-state index contributed by atoms with van der Waals surface area (Å²) in [5, 5.41) is 10.3. The molecule has 13 heavy (non-hydrogen) atoms. The normalized spacial score (nSPS) is 12.4. The maximum absolute atomic E-state index is 10.6. The van der Waals surface area contributed by atoms with Crippen molar-refractivity contribution in [2.24, 2.45) is 0 Å². The molecule has 0 radical (unpaired) electrons. The van der Waals surface area contributed by atoms with Crippen LogP contribution in [0.1, 0.15) is 0 Å². The van der Waals surface area contributed by atoms with Gasteiger partial charge in [-0.05, 0) is 0 Å². The van der Waals surface area contributed by atoms with Crippen LogP contribution < -0.4 is 10.2 Å². The summed E-state index contributed by atoms with van der Waals surface area (Å²) in [6.07, 6.45) is 0. The SMILES string of the molecule is Nc1cc([Se](=O)O)ccc1[N+](=O)[O-]. The summed E-state index contributed by atoms with van der Waals surface area (Å²) in [6.45, 7) is 0. The molecule has 0 aliphatic heterocycles. The number of hydrogen-bond donors (Lipinski definition) is 2. The zero-order valence-electron chi connectivity index (χ0n) is 6.34. The molecule has 0 aliphatic rings. The Kier molecular flexibility index (Phi) is 2.72. The fraction of sp³-hybridized carbons (Fsp3) is 0. The second-order valence-electron chi connectivity index (χ2n) is 2.23. The Bertz CT molecular complexity index is 379. The van der Waals surface area contributed by atoms with E-state index in [2.05, 4.69) is 0 Å². The van der Waals surface area contributed by atoms with E-state index in [1.165, 1.54) is 6.07 Å². The molecule has 1 atom stereocenters. The van der Waals surface area contributed by atoms with Gasteiger partial charge >= 0.3 is 77.0 Å². The van der Waals surface area contributed by atoms with E-state index >= 15 is 0 Å². The molecule has 0 aliphatic carbocycles. The van der Waals surface area contributed by atoms with Crippen LogP contribution in [-0.2, 0) is 3.83 Å². The molecule has 70 valence electrons. The molecule has 0 heterocycles. The molecule has 6 nitrogen and oxygen atoms in total. The molecule has 1 unspecified atom stereocenters. The van der Waals surface area contributed by atoms with Gasteiger partial charge in [0, 0.05) is 0 Å².